The topological polar surface area (TPSA) is 77.4 Å². The van der Waals surface area contributed by atoms with Crippen molar-refractivity contribution in [2.75, 3.05) is 13.7 Å². The molecule has 0 radical (unpaired) electrons. The number of pyridine rings is 1. The van der Waals surface area contributed by atoms with Crippen molar-refractivity contribution in [3.8, 4) is 5.75 Å². The first-order valence-electron chi connectivity index (χ1n) is 6.95. The van der Waals surface area contributed by atoms with Crippen molar-refractivity contribution < 1.29 is 21.9 Å². The third-order valence-electron chi connectivity index (χ3n) is 3.36. The SMILES string of the molecule is COc1cc(C)n(CCNS(=O)(=O)c2c(F)cccc2F)c(=O)c1. The zero-order valence-electron chi connectivity index (χ0n) is 13.0. The molecule has 130 valence electrons. The maximum absolute atomic E-state index is 13.6. The Morgan fingerprint density at radius 1 is 1.21 bits per heavy atom. The van der Waals surface area contributed by atoms with Crippen molar-refractivity contribution in [3.63, 3.8) is 0 Å². The van der Waals surface area contributed by atoms with Gasteiger partial charge in [-0.25, -0.2) is 21.9 Å². The van der Waals surface area contributed by atoms with Gasteiger partial charge in [0.05, 0.1) is 7.11 Å². The zero-order valence-corrected chi connectivity index (χ0v) is 13.9. The second kappa shape index (κ2) is 7.10. The van der Waals surface area contributed by atoms with Gasteiger partial charge in [0.1, 0.15) is 17.4 Å². The van der Waals surface area contributed by atoms with Crippen molar-refractivity contribution in [1.82, 2.24) is 9.29 Å². The van der Waals surface area contributed by atoms with Gasteiger partial charge in [-0.05, 0) is 25.1 Å². The van der Waals surface area contributed by atoms with Crippen molar-refractivity contribution in [3.05, 3.63) is 58.0 Å². The van der Waals surface area contributed by atoms with Crippen LogP contribution in [0.25, 0.3) is 0 Å². The average molecular weight is 358 g/mol. The van der Waals surface area contributed by atoms with Gasteiger partial charge in [0, 0.05) is 24.8 Å². The molecule has 2 aromatic rings. The molecular formula is C15H16F2N2O4S. The van der Waals surface area contributed by atoms with Gasteiger partial charge in [0.25, 0.3) is 5.56 Å². The number of hydrogen-bond acceptors (Lipinski definition) is 4. The molecule has 6 nitrogen and oxygen atoms in total. The molecule has 0 amide bonds. The first-order valence-corrected chi connectivity index (χ1v) is 8.43. The lowest BCUT2D eigenvalue weighted by Gasteiger charge is -2.12. The number of nitrogens with one attached hydrogen (secondary N) is 1. The lowest BCUT2D eigenvalue weighted by atomic mass is 10.3. The number of sulfonamides is 1. The van der Waals surface area contributed by atoms with Gasteiger partial charge in [-0.2, -0.15) is 0 Å². The summed E-state index contributed by atoms with van der Waals surface area (Å²) in [7, 11) is -2.94. The molecule has 0 saturated heterocycles. The number of rotatable bonds is 6. The summed E-state index contributed by atoms with van der Waals surface area (Å²) in [6, 6.07) is 5.67. The van der Waals surface area contributed by atoms with Crippen LogP contribution in [0, 0.1) is 18.6 Å². The number of benzene rings is 1. The molecule has 24 heavy (non-hydrogen) atoms. The highest BCUT2D eigenvalue weighted by Gasteiger charge is 2.23. The Morgan fingerprint density at radius 2 is 1.83 bits per heavy atom. The highest BCUT2D eigenvalue weighted by molar-refractivity contribution is 7.89. The molecule has 0 fully saturated rings. The Kier molecular flexibility index (Phi) is 5.35. The van der Waals surface area contributed by atoms with Crippen molar-refractivity contribution in [1.29, 1.82) is 0 Å². The van der Waals surface area contributed by atoms with E-state index in [0.29, 0.717) is 11.4 Å². The molecule has 1 N–H and O–H groups in total. The van der Waals surface area contributed by atoms with Crippen LogP contribution in [0.15, 0.2) is 40.0 Å². The van der Waals surface area contributed by atoms with E-state index in [4.69, 9.17) is 4.74 Å². The second-order valence-electron chi connectivity index (χ2n) is 4.97. The molecule has 1 aromatic heterocycles. The summed E-state index contributed by atoms with van der Waals surface area (Å²) in [6.45, 7) is 1.46. The largest absolute Gasteiger partial charge is 0.496 e. The monoisotopic (exact) mass is 358 g/mol. The van der Waals surface area contributed by atoms with Crippen LogP contribution in [0.2, 0.25) is 0 Å². The summed E-state index contributed by atoms with van der Waals surface area (Å²) in [5, 5.41) is 0. The molecule has 0 aliphatic carbocycles. The van der Waals surface area contributed by atoms with E-state index in [0.717, 1.165) is 18.2 Å². The number of methoxy groups -OCH3 is 1. The Bertz CT molecular complexity index is 890. The van der Waals surface area contributed by atoms with E-state index in [1.54, 1.807) is 13.0 Å². The van der Waals surface area contributed by atoms with Crippen LogP contribution in [-0.2, 0) is 16.6 Å². The van der Waals surface area contributed by atoms with Gasteiger partial charge < -0.3 is 9.30 Å². The van der Waals surface area contributed by atoms with Gasteiger partial charge >= 0.3 is 0 Å². The quantitative estimate of drug-likeness (QED) is 0.847. The third-order valence-corrected chi connectivity index (χ3v) is 4.87. The lowest BCUT2D eigenvalue weighted by Crippen LogP contribution is -2.32. The fourth-order valence-electron chi connectivity index (χ4n) is 2.21. The van der Waals surface area contributed by atoms with Crippen LogP contribution in [-0.4, -0.2) is 26.6 Å². The predicted octanol–water partition coefficient (Wildman–Crippen LogP) is 1.42. The van der Waals surface area contributed by atoms with E-state index in [2.05, 4.69) is 4.72 Å². The molecule has 2 rings (SSSR count). The minimum Gasteiger partial charge on any atom is -0.496 e. The average Bonchev–Trinajstić information content (AvgIpc) is 2.49. The molecule has 0 unspecified atom stereocenters. The van der Waals surface area contributed by atoms with Crippen LogP contribution in [0.3, 0.4) is 0 Å². The highest BCUT2D eigenvalue weighted by Crippen LogP contribution is 2.17. The maximum atomic E-state index is 13.6. The van der Waals surface area contributed by atoms with Crippen molar-refractivity contribution >= 4 is 10.0 Å². The minimum absolute atomic E-state index is 0.00393. The predicted molar refractivity (Wildman–Crippen MR) is 83.5 cm³/mol. The van der Waals surface area contributed by atoms with Crippen LogP contribution < -0.4 is 15.0 Å². The van der Waals surface area contributed by atoms with Crippen LogP contribution in [0.4, 0.5) is 8.78 Å². The molecule has 0 atom stereocenters. The van der Waals surface area contributed by atoms with Crippen molar-refractivity contribution in [2.24, 2.45) is 0 Å². The fourth-order valence-corrected chi connectivity index (χ4v) is 3.36. The smallest absolute Gasteiger partial charge is 0.254 e. The fraction of sp³-hybridized carbons (Fsp3) is 0.267. The number of nitrogens with zero attached hydrogens (tertiary/aromatic N) is 1. The zero-order chi connectivity index (χ0) is 17.9. The van der Waals surface area contributed by atoms with Crippen molar-refractivity contribution in [2.45, 2.75) is 18.4 Å². The summed E-state index contributed by atoms with van der Waals surface area (Å²) in [5.74, 6) is -1.97. The Labute approximate surface area is 137 Å². The van der Waals surface area contributed by atoms with Crippen LogP contribution in [0.1, 0.15) is 5.69 Å². The number of ether oxygens (including phenoxy) is 1. The standard InChI is InChI=1S/C15H16F2N2O4S/c1-10-8-11(23-2)9-14(20)19(10)7-6-18-24(21,22)15-12(16)4-3-5-13(15)17/h3-5,8-9,18H,6-7H2,1-2H3. The minimum atomic E-state index is -4.37. The van der Waals surface area contributed by atoms with Gasteiger partial charge in [0.2, 0.25) is 10.0 Å². The number of halogens is 2. The first kappa shape index (κ1) is 18.1. The molecule has 0 aliphatic rings. The Morgan fingerprint density at radius 3 is 2.38 bits per heavy atom. The Hall–Kier alpha value is -2.26. The lowest BCUT2D eigenvalue weighted by molar-refractivity contribution is 0.411. The summed E-state index contributed by atoms with van der Waals surface area (Å²) in [5.41, 5.74) is 0.193. The van der Waals surface area contributed by atoms with Crippen LogP contribution in [0.5, 0.6) is 5.75 Å². The maximum Gasteiger partial charge on any atom is 0.254 e. The van der Waals surface area contributed by atoms with E-state index in [1.807, 2.05) is 0 Å². The van der Waals surface area contributed by atoms with E-state index < -0.39 is 26.6 Å². The third kappa shape index (κ3) is 3.80. The second-order valence-corrected chi connectivity index (χ2v) is 6.68. The van der Waals surface area contributed by atoms with E-state index in [9.17, 15) is 22.0 Å². The molecule has 0 bridgehead atoms. The van der Waals surface area contributed by atoms with E-state index in [-0.39, 0.29) is 18.6 Å². The molecule has 1 heterocycles. The molecule has 0 aliphatic heterocycles. The molecule has 9 heteroatoms. The summed E-state index contributed by atoms with van der Waals surface area (Å²) in [6.07, 6.45) is 0. The highest BCUT2D eigenvalue weighted by atomic mass is 32.2. The summed E-state index contributed by atoms with van der Waals surface area (Å²) >= 11 is 0. The molecule has 0 saturated carbocycles. The number of hydrogen-bond donors (Lipinski definition) is 1. The first-order chi connectivity index (χ1) is 11.3. The van der Waals surface area contributed by atoms with Gasteiger partial charge in [-0.15, -0.1) is 0 Å². The van der Waals surface area contributed by atoms with Gasteiger partial charge in [-0.3, -0.25) is 4.79 Å². The Balaban J connectivity index is 2.16. The molecule has 0 spiro atoms. The molecule has 1 aromatic carbocycles. The van der Waals surface area contributed by atoms with E-state index in [1.165, 1.54) is 17.7 Å². The number of aryl methyl sites for hydroxylation is 1. The summed E-state index contributed by atoms with van der Waals surface area (Å²) < 4.78 is 59.6. The molecular weight excluding hydrogens is 342 g/mol. The summed E-state index contributed by atoms with van der Waals surface area (Å²) in [4.78, 5) is 10.9. The van der Waals surface area contributed by atoms with E-state index >= 15 is 0 Å². The van der Waals surface area contributed by atoms with Gasteiger partial charge in [-0.1, -0.05) is 6.07 Å². The van der Waals surface area contributed by atoms with Gasteiger partial charge in [0.15, 0.2) is 4.90 Å². The number of aromatic nitrogens is 1. The van der Waals surface area contributed by atoms with Crippen LogP contribution >= 0.6 is 0 Å². The normalized spacial score (nSPS) is 11.5.